The highest BCUT2D eigenvalue weighted by Crippen LogP contribution is 2.67. The van der Waals surface area contributed by atoms with Crippen LogP contribution in [0.3, 0.4) is 0 Å². The number of unbranched alkanes of at least 4 members (excludes halogenated alkanes) is 2. The van der Waals surface area contributed by atoms with Gasteiger partial charge in [0.15, 0.2) is 0 Å². The number of hydrogen-bond acceptors (Lipinski definition) is 0. The largest absolute Gasteiger partial charge is 0.0845 e. The summed E-state index contributed by atoms with van der Waals surface area (Å²) < 4.78 is 0. The summed E-state index contributed by atoms with van der Waals surface area (Å²) in [6.07, 6.45) is 23.0. The van der Waals surface area contributed by atoms with E-state index in [9.17, 15) is 0 Å². The SMILES string of the molecule is C.CCC(CCC(C)C1CCC2C3CC=C4CC(C)CCC4(C)C3CCC12C)C(C)C.CCCCC. The van der Waals surface area contributed by atoms with Crippen molar-refractivity contribution in [3.05, 3.63) is 11.6 Å². The van der Waals surface area contributed by atoms with Gasteiger partial charge >= 0.3 is 0 Å². The van der Waals surface area contributed by atoms with Crippen molar-refractivity contribution in [2.45, 2.75) is 160 Å². The zero-order valence-electron chi connectivity index (χ0n) is 25.6. The molecule has 0 aromatic heterocycles. The molecule has 212 valence electrons. The summed E-state index contributed by atoms with van der Waals surface area (Å²) in [5, 5.41) is 0. The minimum Gasteiger partial charge on any atom is -0.0845 e. The molecule has 0 aromatic carbocycles. The molecule has 0 nitrogen and oxygen atoms in total. The van der Waals surface area contributed by atoms with Crippen LogP contribution in [0.4, 0.5) is 0 Å². The molecule has 0 aliphatic heterocycles. The molecule has 4 rings (SSSR count). The van der Waals surface area contributed by atoms with Crippen LogP contribution in [0.25, 0.3) is 0 Å². The molecule has 3 fully saturated rings. The van der Waals surface area contributed by atoms with Crippen molar-refractivity contribution in [3.63, 3.8) is 0 Å². The summed E-state index contributed by atoms with van der Waals surface area (Å²) in [7, 11) is 0. The van der Waals surface area contributed by atoms with Crippen LogP contribution >= 0.6 is 0 Å². The molecule has 0 saturated heterocycles. The maximum absolute atomic E-state index is 2.76. The third kappa shape index (κ3) is 6.47. The zero-order chi connectivity index (χ0) is 25.8. The molecule has 4 aliphatic carbocycles. The summed E-state index contributed by atoms with van der Waals surface area (Å²) >= 11 is 0. The normalized spacial score (nSPS) is 38.9. The van der Waals surface area contributed by atoms with E-state index in [0.717, 1.165) is 47.3 Å². The Morgan fingerprint density at radius 2 is 1.58 bits per heavy atom. The third-order valence-electron chi connectivity index (χ3n) is 12.3. The molecular weight excluding hydrogens is 432 g/mol. The standard InChI is InChI=1S/C30H52.C5H12.CH4/c1-8-23(20(2)3)10-9-22(5)26-13-14-27-25-12-11-24-19-21(4)15-17-29(24,6)28(25)16-18-30(26,27)7;1-3-5-4-2;/h11,20-23,25-28H,8-10,12-19H2,1-7H3;3-5H2,1-2H3;1H4. The quantitative estimate of drug-likeness (QED) is 0.291. The first-order chi connectivity index (χ1) is 16.6. The van der Waals surface area contributed by atoms with Gasteiger partial charge in [0.05, 0.1) is 0 Å². The highest BCUT2D eigenvalue weighted by Gasteiger charge is 2.58. The summed E-state index contributed by atoms with van der Waals surface area (Å²) in [5.74, 6) is 7.59. The van der Waals surface area contributed by atoms with E-state index in [4.69, 9.17) is 0 Å². The van der Waals surface area contributed by atoms with Gasteiger partial charge in [0.2, 0.25) is 0 Å². The smallest absolute Gasteiger partial charge is 0.00851 e. The Morgan fingerprint density at radius 1 is 0.889 bits per heavy atom. The predicted molar refractivity (Wildman–Crippen MR) is 163 cm³/mol. The van der Waals surface area contributed by atoms with Crippen molar-refractivity contribution in [1.29, 1.82) is 0 Å². The van der Waals surface area contributed by atoms with Gasteiger partial charge in [-0.25, -0.2) is 0 Å². The molecule has 36 heavy (non-hydrogen) atoms. The van der Waals surface area contributed by atoms with Crippen LogP contribution in [0.15, 0.2) is 11.6 Å². The van der Waals surface area contributed by atoms with Gasteiger partial charge < -0.3 is 0 Å². The van der Waals surface area contributed by atoms with Gasteiger partial charge in [0.1, 0.15) is 0 Å². The first-order valence-corrected chi connectivity index (χ1v) is 16.3. The lowest BCUT2D eigenvalue weighted by molar-refractivity contribution is -0.0525. The molecule has 0 heterocycles. The first-order valence-electron chi connectivity index (χ1n) is 16.3. The Hall–Kier alpha value is -0.260. The summed E-state index contributed by atoms with van der Waals surface area (Å²) in [4.78, 5) is 0. The van der Waals surface area contributed by atoms with Crippen LogP contribution in [-0.2, 0) is 0 Å². The lowest BCUT2D eigenvalue weighted by Gasteiger charge is -2.58. The number of fused-ring (bicyclic) bond motifs is 5. The van der Waals surface area contributed by atoms with Crippen molar-refractivity contribution in [2.75, 3.05) is 0 Å². The van der Waals surface area contributed by atoms with E-state index >= 15 is 0 Å². The molecule has 0 amide bonds. The molecule has 0 bridgehead atoms. The van der Waals surface area contributed by atoms with Crippen molar-refractivity contribution in [2.24, 2.45) is 58.2 Å². The van der Waals surface area contributed by atoms with Gasteiger partial charge in [-0.05, 0) is 116 Å². The predicted octanol–water partition coefficient (Wildman–Crippen LogP) is 12.1. The average molecular weight is 501 g/mol. The fraction of sp³-hybridized carbons (Fsp3) is 0.944. The molecule has 4 aliphatic rings. The van der Waals surface area contributed by atoms with Crippen LogP contribution < -0.4 is 0 Å². The second-order valence-electron chi connectivity index (χ2n) is 14.7. The van der Waals surface area contributed by atoms with E-state index in [1.165, 1.54) is 89.9 Å². The second kappa shape index (κ2) is 13.7. The topological polar surface area (TPSA) is 0 Å². The summed E-state index contributed by atoms with van der Waals surface area (Å²) in [5.41, 5.74) is 3.05. The monoisotopic (exact) mass is 501 g/mol. The van der Waals surface area contributed by atoms with Gasteiger partial charge in [-0.2, -0.15) is 0 Å². The number of allylic oxidation sites excluding steroid dienone is 2. The Balaban J connectivity index is 0.000000694. The lowest BCUT2D eigenvalue weighted by Crippen LogP contribution is -2.50. The molecule has 0 aromatic rings. The maximum Gasteiger partial charge on any atom is -0.00851 e. The van der Waals surface area contributed by atoms with E-state index in [2.05, 4.69) is 68.4 Å². The van der Waals surface area contributed by atoms with E-state index in [-0.39, 0.29) is 7.43 Å². The second-order valence-corrected chi connectivity index (χ2v) is 14.7. The van der Waals surface area contributed by atoms with Crippen molar-refractivity contribution in [3.8, 4) is 0 Å². The Bertz CT molecular complexity index is 670. The van der Waals surface area contributed by atoms with E-state index < -0.39 is 0 Å². The first kappa shape index (κ1) is 32.0. The molecule has 0 spiro atoms. The van der Waals surface area contributed by atoms with Crippen molar-refractivity contribution < 1.29 is 0 Å². The molecule has 0 heteroatoms. The fourth-order valence-electron chi connectivity index (χ4n) is 9.86. The zero-order valence-corrected chi connectivity index (χ0v) is 25.6. The highest BCUT2D eigenvalue weighted by atomic mass is 14.6. The van der Waals surface area contributed by atoms with Gasteiger partial charge in [0.25, 0.3) is 0 Å². The minimum atomic E-state index is 0. The van der Waals surface area contributed by atoms with E-state index in [1.54, 1.807) is 0 Å². The molecule has 0 N–H and O–H groups in total. The van der Waals surface area contributed by atoms with Crippen LogP contribution in [-0.4, -0.2) is 0 Å². The van der Waals surface area contributed by atoms with Gasteiger partial charge in [-0.1, -0.05) is 113 Å². The molecule has 3 saturated carbocycles. The Labute approximate surface area is 229 Å². The summed E-state index contributed by atoms with van der Waals surface area (Å²) in [6, 6.07) is 0. The van der Waals surface area contributed by atoms with Crippen LogP contribution in [0.5, 0.6) is 0 Å². The number of rotatable bonds is 8. The third-order valence-corrected chi connectivity index (χ3v) is 12.3. The van der Waals surface area contributed by atoms with Gasteiger partial charge in [0, 0.05) is 0 Å². The van der Waals surface area contributed by atoms with E-state index in [0.29, 0.717) is 10.8 Å². The highest BCUT2D eigenvalue weighted by molar-refractivity contribution is 5.25. The fourth-order valence-corrected chi connectivity index (χ4v) is 9.86. The van der Waals surface area contributed by atoms with Crippen LogP contribution in [0.1, 0.15) is 160 Å². The Morgan fingerprint density at radius 3 is 2.17 bits per heavy atom. The van der Waals surface area contributed by atoms with Gasteiger partial charge in [-0.3, -0.25) is 0 Å². The van der Waals surface area contributed by atoms with Gasteiger partial charge in [-0.15, -0.1) is 0 Å². The van der Waals surface area contributed by atoms with Crippen molar-refractivity contribution in [1.82, 2.24) is 0 Å². The van der Waals surface area contributed by atoms with E-state index in [1.807, 2.05) is 5.57 Å². The summed E-state index contributed by atoms with van der Waals surface area (Å²) in [6.45, 7) is 22.2. The molecule has 0 radical (unpaired) electrons. The molecule has 9 unspecified atom stereocenters. The number of hydrogen-bond donors (Lipinski definition) is 0. The van der Waals surface area contributed by atoms with Crippen LogP contribution in [0, 0.1) is 58.2 Å². The molecular formula is C36H68. The molecule has 9 atom stereocenters. The van der Waals surface area contributed by atoms with Crippen LogP contribution in [0.2, 0.25) is 0 Å². The maximum atomic E-state index is 2.76. The minimum absolute atomic E-state index is 0. The van der Waals surface area contributed by atoms with Crippen molar-refractivity contribution >= 4 is 0 Å². The lowest BCUT2D eigenvalue weighted by atomic mass is 9.46. The Kier molecular flexibility index (Phi) is 12.2. The average Bonchev–Trinajstić information content (AvgIpc) is 3.18.